The van der Waals surface area contributed by atoms with Crippen molar-refractivity contribution in [2.45, 2.75) is 38.6 Å². The van der Waals surface area contributed by atoms with Gasteiger partial charge in [-0.2, -0.15) is 10.2 Å². The van der Waals surface area contributed by atoms with E-state index in [9.17, 15) is 4.79 Å². The van der Waals surface area contributed by atoms with Gasteiger partial charge >= 0.3 is 0 Å². The number of hydrogen-bond donors (Lipinski definition) is 2. The van der Waals surface area contributed by atoms with Gasteiger partial charge in [-0.3, -0.25) is 19.6 Å². The Kier molecular flexibility index (Phi) is 4.05. The normalized spacial score (nSPS) is 14.3. The molecule has 128 valence electrons. The van der Waals surface area contributed by atoms with E-state index in [0.717, 1.165) is 36.1 Å². The molecule has 3 aromatic rings. The summed E-state index contributed by atoms with van der Waals surface area (Å²) in [4.78, 5) is 16.6. The van der Waals surface area contributed by atoms with Crippen LogP contribution in [0.15, 0.2) is 36.9 Å². The summed E-state index contributed by atoms with van der Waals surface area (Å²) >= 11 is 0. The van der Waals surface area contributed by atoms with Crippen LogP contribution < -0.4 is 5.32 Å². The molecule has 3 aromatic heterocycles. The molecule has 0 bridgehead atoms. The van der Waals surface area contributed by atoms with Crippen molar-refractivity contribution < 1.29 is 4.79 Å². The number of carbonyl (C=O) groups excluding carboxylic acids is 1. The third-order valence-electron chi connectivity index (χ3n) is 4.73. The summed E-state index contributed by atoms with van der Waals surface area (Å²) < 4.78 is 1.89. The average Bonchev–Trinajstić information content (AvgIpc) is 3.21. The maximum Gasteiger partial charge on any atom is 0.260 e. The maximum atomic E-state index is 12.5. The second-order valence-electron chi connectivity index (χ2n) is 6.26. The molecule has 2 N–H and O–H groups in total. The van der Waals surface area contributed by atoms with Crippen LogP contribution in [-0.4, -0.2) is 30.9 Å². The van der Waals surface area contributed by atoms with Gasteiger partial charge in [0.05, 0.1) is 23.5 Å². The first-order valence-electron chi connectivity index (χ1n) is 8.59. The predicted octanol–water partition coefficient (Wildman–Crippen LogP) is 3.21. The summed E-state index contributed by atoms with van der Waals surface area (Å²) in [5.41, 5.74) is 3.44. The number of pyridine rings is 1. The lowest BCUT2D eigenvalue weighted by molar-refractivity contribution is 0.102. The van der Waals surface area contributed by atoms with Crippen LogP contribution in [0.4, 0.5) is 5.82 Å². The number of carbonyl (C=O) groups is 1. The van der Waals surface area contributed by atoms with E-state index in [4.69, 9.17) is 0 Å². The molecule has 0 aliphatic heterocycles. The summed E-state index contributed by atoms with van der Waals surface area (Å²) in [7, 11) is 0. The monoisotopic (exact) mass is 336 g/mol. The van der Waals surface area contributed by atoms with E-state index in [2.05, 4.69) is 25.6 Å². The van der Waals surface area contributed by atoms with Crippen LogP contribution in [0.1, 0.15) is 48.1 Å². The van der Waals surface area contributed by atoms with Gasteiger partial charge in [0.1, 0.15) is 0 Å². The van der Waals surface area contributed by atoms with Crippen molar-refractivity contribution >= 4 is 11.7 Å². The Bertz CT molecular complexity index is 878. The zero-order valence-corrected chi connectivity index (χ0v) is 14.1. The number of aromatic nitrogens is 5. The van der Waals surface area contributed by atoms with Gasteiger partial charge in [0.15, 0.2) is 5.82 Å². The zero-order chi connectivity index (χ0) is 17.2. The Morgan fingerprint density at radius 2 is 2.16 bits per heavy atom. The van der Waals surface area contributed by atoms with Crippen molar-refractivity contribution in [3.8, 4) is 11.3 Å². The van der Waals surface area contributed by atoms with E-state index in [0.29, 0.717) is 17.4 Å². The Labute approximate surface area is 145 Å². The molecule has 7 nitrogen and oxygen atoms in total. The summed E-state index contributed by atoms with van der Waals surface area (Å²) in [5, 5.41) is 14.5. The third-order valence-corrected chi connectivity index (χ3v) is 4.73. The second kappa shape index (κ2) is 6.51. The highest BCUT2D eigenvalue weighted by molar-refractivity contribution is 6.04. The highest BCUT2D eigenvalue weighted by Crippen LogP contribution is 2.31. The molecule has 0 aromatic carbocycles. The first-order valence-corrected chi connectivity index (χ1v) is 8.59. The quantitative estimate of drug-likeness (QED) is 0.749. The first-order chi connectivity index (χ1) is 12.3. The van der Waals surface area contributed by atoms with Crippen molar-refractivity contribution in [2.75, 3.05) is 5.32 Å². The summed E-state index contributed by atoms with van der Waals surface area (Å²) in [6, 6.07) is 4.28. The Morgan fingerprint density at radius 3 is 2.84 bits per heavy atom. The third kappa shape index (κ3) is 2.93. The van der Waals surface area contributed by atoms with E-state index in [1.807, 2.05) is 29.9 Å². The highest BCUT2D eigenvalue weighted by Gasteiger charge is 2.22. The van der Waals surface area contributed by atoms with Gasteiger partial charge in [-0.25, -0.2) is 0 Å². The van der Waals surface area contributed by atoms with Crippen molar-refractivity contribution in [1.82, 2.24) is 25.0 Å². The van der Waals surface area contributed by atoms with Gasteiger partial charge in [0.2, 0.25) is 0 Å². The molecule has 1 aliphatic rings. The number of amides is 1. The molecule has 4 rings (SSSR count). The molecule has 25 heavy (non-hydrogen) atoms. The van der Waals surface area contributed by atoms with Gasteiger partial charge in [-0.1, -0.05) is 6.92 Å². The predicted molar refractivity (Wildman–Crippen MR) is 94.3 cm³/mol. The summed E-state index contributed by atoms with van der Waals surface area (Å²) in [5.74, 6) is 0.378. The fourth-order valence-corrected chi connectivity index (χ4v) is 3.06. The van der Waals surface area contributed by atoms with Crippen molar-refractivity contribution in [2.24, 2.45) is 0 Å². The highest BCUT2D eigenvalue weighted by atomic mass is 16.1. The molecule has 0 atom stereocenters. The molecule has 1 amide bonds. The molecule has 0 radical (unpaired) electrons. The summed E-state index contributed by atoms with van der Waals surface area (Å²) in [6.45, 7) is 2.04. The zero-order valence-electron chi connectivity index (χ0n) is 14.1. The minimum atomic E-state index is -0.187. The van der Waals surface area contributed by atoms with E-state index < -0.39 is 0 Å². The number of aromatic amines is 1. The Balaban J connectivity index is 1.55. The number of nitrogens with one attached hydrogen (secondary N) is 2. The van der Waals surface area contributed by atoms with Crippen LogP contribution in [0.2, 0.25) is 0 Å². The molecule has 0 unspecified atom stereocenters. The number of nitrogens with zero attached hydrogens (tertiary/aromatic N) is 4. The SMILES string of the molecule is CCc1c(NC(=O)c2cnn(C3CCC3)c2)n[nH]c1-c1ccncc1. The van der Waals surface area contributed by atoms with Crippen LogP contribution >= 0.6 is 0 Å². The average molecular weight is 336 g/mol. The van der Waals surface area contributed by atoms with Crippen molar-refractivity contribution in [3.63, 3.8) is 0 Å². The van der Waals surface area contributed by atoms with Crippen molar-refractivity contribution in [1.29, 1.82) is 0 Å². The number of anilines is 1. The molecule has 1 saturated carbocycles. The molecule has 0 spiro atoms. The standard InChI is InChI=1S/C18H20N6O/c1-2-15-16(12-6-8-19-9-7-12)22-23-17(15)21-18(25)13-10-20-24(11-13)14-4-3-5-14/h6-11,14H,2-5H2,1H3,(H2,21,22,23,25). The van der Waals surface area contributed by atoms with Crippen molar-refractivity contribution in [3.05, 3.63) is 48.0 Å². The Morgan fingerprint density at radius 1 is 1.36 bits per heavy atom. The number of H-pyrrole nitrogens is 1. The van der Waals surface area contributed by atoms with Crippen LogP contribution in [0.25, 0.3) is 11.3 Å². The molecular weight excluding hydrogens is 316 g/mol. The molecule has 1 fully saturated rings. The van der Waals surface area contributed by atoms with Crippen LogP contribution in [0, 0.1) is 0 Å². The second-order valence-corrected chi connectivity index (χ2v) is 6.26. The van der Waals surface area contributed by atoms with E-state index in [1.165, 1.54) is 6.42 Å². The van der Waals surface area contributed by atoms with Crippen LogP contribution in [-0.2, 0) is 6.42 Å². The van der Waals surface area contributed by atoms with E-state index in [1.54, 1.807) is 18.6 Å². The van der Waals surface area contributed by atoms with Gasteiger partial charge in [-0.15, -0.1) is 0 Å². The lowest BCUT2D eigenvalue weighted by Crippen LogP contribution is -2.17. The molecule has 1 aliphatic carbocycles. The lowest BCUT2D eigenvalue weighted by Gasteiger charge is -2.25. The molecule has 0 saturated heterocycles. The van der Waals surface area contributed by atoms with E-state index in [-0.39, 0.29) is 5.91 Å². The van der Waals surface area contributed by atoms with Gasteiger partial charge in [0, 0.05) is 29.7 Å². The largest absolute Gasteiger partial charge is 0.305 e. The fourth-order valence-electron chi connectivity index (χ4n) is 3.06. The van der Waals surface area contributed by atoms with Gasteiger partial charge in [-0.05, 0) is 37.8 Å². The fraction of sp³-hybridized carbons (Fsp3) is 0.333. The number of rotatable bonds is 5. The molecular formula is C18H20N6O. The molecule has 7 heteroatoms. The van der Waals surface area contributed by atoms with E-state index >= 15 is 0 Å². The summed E-state index contributed by atoms with van der Waals surface area (Å²) in [6.07, 6.45) is 11.2. The van der Waals surface area contributed by atoms with Crippen LogP contribution in [0.5, 0.6) is 0 Å². The lowest BCUT2D eigenvalue weighted by atomic mass is 9.93. The van der Waals surface area contributed by atoms with Gasteiger partial charge in [0.25, 0.3) is 5.91 Å². The first kappa shape index (κ1) is 15.6. The maximum absolute atomic E-state index is 12.5. The van der Waals surface area contributed by atoms with Crippen LogP contribution in [0.3, 0.4) is 0 Å². The Hall–Kier alpha value is -2.96. The minimum absolute atomic E-state index is 0.187. The number of hydrogen-bond acceptors (Lipinski definition) is 4. The van der Waals surface area contributed by atoms with Gasteiger partial charge < -0.3 is 5.32 Å². The minimum Gasteiger partial charge on any atom is -0.305 e. The molecule has 3 heterocycles. The topological polar surface area (TPSA) is 88.5 Å². The smallest absolute Gasteiger partial charge is 0.260 e.